The number of hydrogen-bond acceptors (Lipinski definition) is 4. The van der Waals surface area contributed by atoms with Crippen molar-refractivity contribution in [2.45, 2.75) is 37.5 Å². The lowest BCUT2D eigenvalue weighted by Gasteiger charge is -2.35. The number of aliphatic carboxylic acids is 1. The van der Waals surface area contributed by atoms with Gasteiger partial charge in [-0.2, -0.15) is 0 Å². The van der Waals surface area contributed by atoms with Gasteiger partial charge >= 0.3 is 5.97 Å². The molecule has 120 valence electrons. The number of hydrogen-bond donors (Lipinski definition) is 2. The zero-order chi connectivity index (χ0) is 15.6. The van der Waals surface area contributed by atoms with E-state index >= 15 is 0 Å². The van der Waals surface area contributed by atoms with Crippen molar-refractivity contribution in [3.05, 3.63) is 23.8 Å². The first-order valence-corrected chi connectivity index (χ1v) is 8.03. The van der Waals surface area contributed by atoms with Crippen LogP contribution in [0.3, 0.4) is 0 Å². The highest BCUT2D eigenvalue weighted by Crippen LogP contribution is 2.44. The molecule has 0 aromatic heterocycles. The third-order valence-corrected chi connectivity index (χ3v) is 4.99. The number of carboxylic acids is 1. The maximum Gasteiger partial charge on any atom is 0.314 e. The average Bonchev–Trinajstić information content (AvgIpc) is 2.56. The first-order chi connectivity index (χ1) is 10.6. The summed E-state index contributed by atoms with van der Waals surface area (Å²) in [5.74, 6) is -0.720. The van der Waals surface area contributed by atoms with Gasteiger partial charge in [0.05, 0.1) is 18.6 Å². The second kappa shape index (κ2) is 6.16. The van der Waals surface area contributed by atoms with E-state index in [4.69, 9.17) is 4.74 Å². The Morgan fingerprint density at radius 3 is 2.45 bits per heavy atom. The Kier molecular flexibility index (Phi) is 4.25. The molecule has 2 fully saturated rings. The van der Waals surface area contributed by atoms with Gasteiger partial charge in [-0.05, 0) is 31.0 Å². The summed E-state index contributed by atoms with van der Waals surface area (Å²) in [7, 11) is 0. The molecule has 1 aliphatic heterocycles. The smallest absolute Gasteiger partial charge is 0.314 e. The number of phenolic OH excluding ortho intramolecular Hbond substituents is 1. The van der Waals surface area contributed by atoms with E-state index < -0.39 is 11.4 Å². The lowest BCUT2D eigenvalue weighted by Crippen LogP contribution is -2.39. The molecule has 1 aromatic rings. The fourth-order valence-electron chi connectivity index (χ4n) is 3.68. The Bertz CT molecular complexity index is 546. The van der Waals surface area contributed by atoms with Gasteiger partial charge in [-0.3, -0.25) is 4.79 Å². The van der Waals surface area contributed by atoms with E-state index in [1.165, 1.54) is 0 Å². The molecule has 1 aromatic carbocycles. The van der Waals surface area contributed by atoms with Crippen LogP contribution in [0.5, 0.6) is 5.75 Å². The minimum absolute atomic E-state index is 0.0984. The third kappa shape index (κ3) is 2.65. The predicted octanol–water partition coefficient (Wildman–Crippen LogP) is 2.52. The second-order valence-electron chi connectivity index (χ2n) is 6.25. The van der Waals surface area contributed by atoms with Gasteiger partial charge in [0.1, 0.15) is 5.75 Å². The topological polar surface area (TPSA) is 70.0 Å². The number of carboxylic acid groups (broad SMARTS) is 1. The first kappa shape index (κ1) is 15.2. The zero-order valence-corrected chi connectivity index (χ0v) is 12.8. The lowest BCUT2D eigenvalue weighted by molar-refractivity contribution is -0.145. The van der Waals surface area contributed by atoms with Crippen LogP contribution in [0.2, 0.25) is 0 Å². The minimum atomic E-state index is -0.940. The molecule has 0 amide bonds. The van der Waals surface area contributed by atoms with Crippen LogP contribution in [0.25, 0.3) is 0 Å². The molecule has 2 N–H and O–H groups in total. The van der Waals surface area contributed by atoms with Crippen molar-refractivity contribution in [2.24, 2.45) is 0 Å². The third-order valence-electron chi connectivity index (χ3n) is 4.99. The molecular weight excluding hydrogens is 282 g/mol. The Balaban J connectivity index is 1.99. The molecule has 1 heterocycles. The Labute approximate surface area is 130 Å². The number of phenols is 1. The maximum absolute atomic E-state index is 12.0. The molecule has 0 radical (unpaired) electrons. The minimum Gasteiger partial charge on any atom is -0.508 e. The lowest BCUT2D eigenvalue weighted by atomic mass is 9.69. The van der Waals surface area contributed by atoms with Crippen LogP contribution in [0.1, 0.15) is 37.7 Å². The molecule has 1 saturated heterocycles. The fraction of sp³-hybridized carbons (Fsp3) is 0.588. The van der Waals surface area contributed by atoms with Gasteiger partial charge in [-0.15, -0.1) is 0 Å². The second-order valence-corrected chi connectivity index (χ2v) is 6.25. The Hall–Kier alpha value is -1.75. The van der Waals surface area contributed by atoms with Crippen LogP contribution in [-0.4, -0.2) is 42.5 Å². The molecule has 3 rings (SSSR count). The summed E-state index contributed by atoms with van der Waals surface area (Å²) in [6.07, 6.45) is 4.06. The first-order valence-electron chi connectivity index (χ1n) is 8.03. The van der Waals surface area contributed by atoms with Crippen LogP contribution in [-0.2, 0) is 14.9 Å². The van der Waals surface area contributed by atoms with E-state index in [2.05, 4.69) is 4.90 Å². The van der Waals surface area contributed by atoms with Crippen LogP contribution in [0.15, 0.2) is 18.2 Å². The summed E-state index contributed by atoms with van der Waals surface area (Å²) in [5.41, 5.74) is 0.607. The molecule has 1 saturated carbocycles. The van der Waals surface area contributed by atoms with Crippen LogP contribution in [0, 0.1) is 0 Å². The molecule has 1 aliphatic carbocycles. The molecule has 0 unspecified atom stereocenters. The molecule has 5 nitrogen and oxygen atoms in total. The highest BCUT2D eigenvalue weighted by molar-refractivity contribution is 5.83. The van der Waals surface area contributed by atoms with Gasteiger partial charge in [0, 0.05) is 24.3 Å². The maximum atomic E-state index is 12.0. The van der Waals surface area contributed by atoms with Crippen molar-refractivity contribution in [1.29, 1.82) is 0 Å². The zero-order valence-electron chi connectivity index (χ0n) is 12.8. The van der Waals surface area contributed by atoms with E-state index in [0.717, 1.165) is 38.0 Å². The monoisotopic (exact) mass is 305 g/mol. The van der Waals surface area contributed by atoms with Gasteiger partial charge in [-0.25, -0.2) is 0 Å². The van der Waals surface area contributed by atoms with Crippen molar-refractivity contribution >= 4 is 11.7 Å². The SMILES string of the molecule is O=C(O)C1(c2cc(N3CCOCC3)ccc2O)CCCCC1. The standard InChI is InChI=1S/C17H23NO4/c19-15-5-4-13(18-8-10-22-11-9-18)12-14(15)17(16(20)21)6-2-1-3-7-17/h4-5,12,19H,1-3,6-11H2,(H,20,21). The number of rotatable bonds is 3. The molecule has 0 spiro atoms. The highest BCUT2D eigenvalue weighted by Gasteiger charge is 2.43. The molecule has 5 heteroatoms. The highest BCUT2D eigenvalue weighted by atomic mass is 16.5. The van der Waals surface area contributed by atoms with Gasteiger partial charge in [0.25, 0.3) is 0 Å². The summed E-state index contributed by atoms with van der Waals surface area (Å²) in [5, 5.41) is 20.1. The predicted molar refractivity (Wildman–Crippen MR) is 83.5 cm³/mol. The number of ether oxygens (including phenoxy) is 1. The van der Waals surface area contributed by atoms with Crippen molar-refractivity contribution in [1.82, 2.24) is 0 Å². The normalized spacial score (nSPS) is 21.5. The van der Waals surface area contributed by atoms with Gasteiger partial charge in [0.15, 0.2) is 0 Å². The van der Waals surface area contributed by atoms with Crippen LogP contribution < -0.4 is 4.90 Å². The molecule has 0 atom stereocenters. The van der Waals surface area contributed by atoms with Gasteiger partial charge in [0.2, 0.25) is 0 Å². The van der Waals surface area contributed by atoms with Crippen LogP contribution in [0.4, 0.5) is 5.69 Å². The number of nitrogens with zero attached hydrogens (tertiary/aromatic N) is 1. The van der Waals surface area contributed by atoms with Crippen molar-refractivity contribution < 1.29 is 19.7 Å². The van der Waals surface area contributed by atoms with Crippen molar-refractivity contribution in [3.63, 3.8) is 0 Å². The van der Waals surface area contributed by atoms with Gasteiger partial charge in [-0.1, -0.05) is 19.3 Å². The summed E-state index contributed by atoms with van der Waals surface area (Å²) >= 11 is 0. The van der Waals surface area contributed by atoms with E-state index in [9.17, 15) is 15.0 Å². The molecule has 0 bridgehead atoms. The number of anilines is 1. The van der Waals surface area contributed by atoms with E-state index in [0.29, 0.717) is 31.6 Å². The summed E-state index contributed by atoms with van der Waals surface area (Å²) in [6.45, 7) is 2.95. The average molecular weight is 305 g/mol. The molecule has 22 heavy (non-hydrogen) atoms. The van der Waals surface area contributed by atoms with Crippen LogP contribution >= 0.6 is 0 Å². The molecule has 2 aliphatic rings. The summed E-state index contributed by atoms with van der Waals surface area (Å²) in [6, 6.07) is 5.38. The summed E-state index contributed by atoms with van der Waals surface area (Å²) in [4.78, 5) is 14.2. The van der Waals surface area contributed by atoms with Crippen molar-refractivity contribution in [2.75, 3.05) is 31.2 Å². The quantitative estimate of drug-likeness (QED) is 0.898. The number of benzene rings is 1. The Morgan fingerprint density at radius 1 is 1.14 bits per heavy atom. The van der Waals surface area contributed by atoms with E-state index in [1.807, 2.05) is 12.1 Å². The van der Waals surface area contributed by atoms with Crippen molar-refractivity contribution in [3.8, 4) is 5.75 Å². The van der Waals surface area contributed by atoms with E-state index in [1.54, 1.807) is 6.07 Å². The Morgan fingerprint density at radius 2 is 1.82 bits per heavy atom. The number of morpholine rings is 1. The number of aromatic hydroxyl groups is 1. The molecular formula is C17H23NO4. The van der Waals surface area contributed by atoms with Gasteiger partial charge < -0.3 is 19.8 Å². The fourth-order valence-corrected chi connectivity index (χ4v) is 3.68. The largest absolute Gasteiger partial charge is 0.508 e. The van der Waals surface area contributed by atoms with E-state index in [-0.39, 0.29) is 5.75 Å². The summed E-state index contributed by atoms with van der Waals surface area (Å²) < 4.78 is 5.36. The number of carbonyl (C=O) groups is 1.